The number of aryl methyl sites for hydroxylation is 2. The van der Waals surface area contributed by atoms with E-state index in [9.17, 15) is 4.79 Å². The highest BCUT2D eigenvalue weighted by Gasteiger charge is 2.17. The van der Waals surface area contributed by atoms with Gasteiger partial charge in [-0.1, -0.05) is 5.21 Å². The molecule has 0 amide bonds. The van der Waals surface area contributed by atoms with E-state index in [0.29, 0.717) is 31.7 Å². The summed E-state index contributed by atoms with van der Waals surface area (Å²) in [6.45, 7) is 1.47. The molecule has 0 fully saturated rings. The van der Waals surface area contributed by atoms with E-state index in [4.69, 9.17) is 10.8 Å². The van der Waals surface area contributed by atoms with Gasteiger partial charge in [0.2, 0.25) is 0 Å². The summed E-state index contributed by atoms with van der Waals surface area (Å²) in [4.78, 5) is 11.0. The molecule has 8 nitrogen and oxygen atoms in total. The van der Waals surface area contributed by atoms with Crippen LogP contribution in [0.3, 0.4) is 0 Å². The first-order chi connectivity index (χ1) is 8.72. The molecule has 0 bridgehead atoms. The first kappa shape index (κ1) is 12.2. The van der Waals surface area contributed by atoms with Gasteiger partial charge in [0.15, 0.2) is 5.69 Å². The van der Waals surface area contributed by atoms with E-state index in [2.05, 4.69) is 15.4 Å². The van der Waals surface area contributed by atoms with Gasteiger partial charge in [-0.25, -0.2) is 9.48 Å². The number of aromatic carboxylic acids is 1. The molecule has 0 saturated carbocycles. The second kappa shape index (κ2) is 5.41. The van der Waals surface area contributed by atoms with E-state index in [1.165, 1.54) is 0 Å². The summed E-state index contributed by atoms with van der Waals surface area (Å²) in [6, 6.07) is 1.82. The maximum Gasteiger partial charge on any atom is 0.358 e. The Bertz CT molecular complexity index is 518. The second-order valence-corrected chi connectivity index (χ2v) is 3.72. The quantitative estimate of drug-likeness (QED) is 0.706. The summed E-state index contributed by atoms with van der Waals surface area (Å²) >= 11 is 0. The molecule has 0 saturated heterocycles. The summed E-state index contributed by atoms with van der Waals surface area (Å²) in [5, 5.41) is 20.6. The SMILES string of the molecule is NCCc1c(C(=O)O)nnn1CCn1cccn1. The number of carbonyl (C=O) groups is 1. The lowest BCUT2D eigenvalue weighted by Crippen LogP contribution is -2.16. The predicted octanol–water partition coefficient (Wildman–Crippen LogP) is -0.626. The van der Waals surface area contributed by atoms with Crippen molar-refractivity contribution < 1.29 is 9.90 Å². The summed E-state index contributed by atoms with van der Waals surface area (Å²) in [5.74, 6) is -1.08. The number of carboxylic acid groups (broad SMARTS) is 1. The van der Waals surface area contributed by atoms with E-state index in [-0.39, 0.29) is 5.69 Å². The van der Waals surface area contributed by atoms with Crippen LogP contribution in [0.5, 0.6) is 0 Å². The number of nitrogens with two attached hydrogens (primary N) is 1. The standard InChI is InChI=1S/C10H14N6O2/c11-3-2-8-9(10(17)18)13-14-16(8)7-6-15-5-1-4-12-15/h1,4-5H,2-3,6-7,11H2,(H,17,18). The number of carboxylic acids is 1. The van der Waals surface area contributed by atoms with Crippen molar-refractivity contribution >= 4 is 5.97 Å². The molecule has 0 aromatic carbocycles. The molecule has 0 radical (unpaired) electrons. The first-order valence-electron chi connectivity index (χ1n) is 5.55. The van der Waals surface area contributed by atoms with Gasteiger partial charge in [0.05, 0.1) is 18.8 Å². The molecule has 0 unspecified atom stereocenters. The third kappa shape index (κ3) is 2.54. The van der Waals surface area contributed by atoms with Gasteiger partial charge in [0, 0.05) is 18.8 Å². The van der Waals surface area contributed by atoms with Crippen molar-refractivity contribution in [3.8, 4) is 0 Å². The zero-order valence-electron chi connectivity index (χ0n) is 9.73. The van der Waals surface area contributed by atoms with Gasteiger partial charge in [0.1, 0.15) is 0 Å². The minimum absolute atomic E-state index is 0.0269. The number of rotatable bonds is 6. The Morgan fingerprint density at radius 3 is 2.89 bits per heavy atom. The summed E-state index contributed by atoms with van der Waals surface area (Å²) in [7, 11) is 0. The van der Waals surface area contributed by atoms with Crippen LogP contribution >= 0.6 is 0 Å². The number of hydrogen-bond acceptors (Lipinski definition) is 5. The smallest absolute Gasteiger partial charge is 0.358 e. The van der Waals surface area contributed by atoms with Crippen LogP contribution in [0.4, 0.5) is 0 Å². The molecule has 0 spiro atoms. The fourth-order valence-corrected chi connectivity index (χ4v) is 1.69. The normalized spacial score (nSPS) is 10.7. The number of hydrogen-bond donors (Lipinski definition) is 2. The van der Waals surface area contributed by atoms with Crippen LogP contribution in [0.15, 0.2) is 18.5 Å². The van der Waals surface area contributed by atoms with E-state index in [1.54, 1.807) is 15.6 Å². The lowest BCUT2D eigenvalue weighted by Gasteiger charge is -2.06. The summed E-state index contributed by atoms with van der Waals surface area (Å²) < 4.78 is 3.31. The molecular weight excluding hydrogens is 236 g/mol. The highest BCUT2D eigenvalue weighted by molar-refractivity contribution is 5.86. The molecule has 3 N–H and O–H groups in total. The van der Waals surface area contributed by atoms with Crippen molar-refractivity contribution in [2.45, 2.75) is 19.5 Å². The van der Waals surface area contributed by atoms with Crippen LogP contribution in [0.1, 0.15) is 16.2 Å². The Balaban J connectivity index is 2.14. The highest BCUT2D eigenvalue weighted by atomic mass is 16.4. The van der Waals surface area contributed by atoms with Crippen LogP contribution in [-0.4, -0.2) is 42.4 Å². The van der Waals surface area contributed by atoms with Crippen molar-refractivity contribution in [1.29, 1.82) is 0 Å². The molecule has 2 aromatic heterocycles. The Labute approximate surface area is 103 Å². The zero-order chi connectivity index (χ0) is 13.0. The largest absolute Gasteiger partial charge is 0.476 e. The molecular formula is C10H14N6O2. The molecule has 0 aliphatic heterocycles. The fraction of sp³-hybridized carbons (Fsp3) is 0.400. The number of nitrogens with zero attached hydrogens (tertiary/aromatic N) is 5. The number of aromatic nitrogens is 5. The predicted molar refractivity (Wildman–Crippen MR) is 62.0 cm³/mol. The van der Waals surface area contributed by atoms with E-state index in [0.717, 1.165) is 0 Å². The lowest BCUT2D eigenvalue weighted by molar-refractivity contribution is 0.0689. The molecule has 18 heavy (non-hydrogen) atoms. The molecule has 96 valence electrons. The Hall–Kier alpha value is -2.22. The average Bonchev–Trinajstić information content (AvgIpc) is 2.95. The van der Waals surface area contributed by atoms with E-state index < -0.39 is 5.97 Å². The third-order valence-electron chi connectivity index (χ3n) is 2.52. The van der Waals surface area contributed by atoms with Crippen LogP contribution < -0.4 is 5.73 Å². The summed E-state index contributed by atoms with van der Waals surface area (Å²) in [5.41, 5.74) is 6.00. The molecule has 0 aliphatic rings. The van der Waals surface area contributed by atoms with Gasteiger partial charge < -0.3 is 10.8 Å². The average molecular weight is 250 g/mol. The lowest BCUT2D eigenvalue weighted by atomic mass is 10.2. The van der Waals surface area contributed by atoms with Crippen molar-refractivity contribution in [2.24, 2.45) is 5.73 Å². The molecule has 8 heteroatoms. The van der Waals surface area contributed by atoms with Gasteiger partial charge >= 0.3 is 5.97 Å². The van der Waals surface area contributed by atoms with Crippen LogP contribution in [0.2, 0.25) is 0 Å². The van der Waals surface area contributed by atoms with E-state index >= 15 is 0 Å². The zero-order valence-corrected chi connectivity index (χ0v) is 9.73. The second-order valence-electron chi connectivity index (χ2n) is 3.72. The van der Waals surface area contributed by atoms with Gasteiger partial charge in [0.25, 0.3) is 0 Å². The topological polar surface area (TPSA) is 112 Å². The Morgan fingerprint density at radius 2 is 2.28 bits per heavy atom. The van der Waals surface area contributed by atoms with Gasteiger partial charge in [-0.2, -0.15) is 5.10 Å². The minimum atomic E-state index is -1.08. The van der Waals surface area contributed by atoms with Crippen molar-refractivity contribution in [3.63, 3.8) is 0 Å². The van der Waals surface area contributed by atoms with Crippen LogP contribution in [0, 0.1) is 0 Å². The van der Waals surface area contributed by atoms with Crippen molar-refractivity contribution in [2.75, 3.05) is 6.54 Å². The first-order valence-corrected chi connectivity index (χ1v) is 5.55. The Kier molecular flexibility index (Phi) is 3.68. The molecule has 2 rings (SSSR count). The molecule has 0 atom stereocenters. The van der Waals surface area contributed by atoms with Gasteiger partial charge in [-0.05, 0) is 12.6 Å². The third-order valence-corrected chi connectivity index (χ3v) is 2.52. The molecule has 2 aromatic rings. The Morgan fingerprint density at radius 1 is 1.44 bits per heavy atom. The maximum atomic E-state index is 11.0. The van der Waals surface area contributed by atoms with Crippen molar-refractivity contribution in [3.05, 3.63) is 29.8 Å². The van der Waals surface area contributed by atoms with Gasteiger partial charge in [-0.3, -0.25) is 4.68 Å². The van der Waals surface area contributed by atoms with Crippen LogP contribution in [0.25, 0.3) is 0 Å². The minimum Gasteiger partial charge on any atom is -0.476 e. The van der Waals surface area contributed by atoms with Crippen molar-refractivity contribution in [1.82, 2.24) is 24.8 Å². The highest BCUT2D eigenvalue weighted by Crippen LogP contribution is 2.06. The van der Waals surface area contributed by atoms with E-state index in [1.807, 2.05) is 12.3 Å². The van der Waals surface area contributed by atoms with Gasteiger partial charge in [-0.15, -0.1) is 5.10 Å². The monoisotopic (exact) mass is 250 g/mol. The molecule has 2 heterocycles. The fourth-order valence-electron chi connectivity index (χ4n) is 1.69. The maximum absolute atomic E-state index is 11.0. The summed E-state index contributed by atoms with van der Waals surface area (Å²) in [6.07, 6.45) is 3.95. The van der Waals surface area contributed by atoms with Crippen LogP contribution in [-0.2, 0) is 19.5 Å². The molecule has 0 aliphatic carbocycles.